The first-order valence-electron chi connectivity index (χ1n) is 8.95. The molecule has 0 atom stereocenters. The van der Waals surface area contributed by atoms with Crippen molar-refractivity contribution in [3.8, 4) is 0 Å². The number of carboxylic acids is 1. The number of amides is 2. The van der Waals surface area contributed by atoms with Gasteiger partial charge in [0, 0.05) is 10.0 Å². The van der Waals surface area contributed by atoms with Gasteiger partial charge in [0.15, 0.2) is 0 Å². The van der Waals surface area contributed by atoms with Crippen LogP contribution in [0.4, 0.5) is 0 Å². The lowest BCUT2D eigenvalue weighted by molar-refractivity contribution is -0.137. The lowest BCUT2D eigenvalue weighted by Gasteiger charge is -2.19. The molecule has 3 N–H and O–H groups in total. The van der Waals surface area contributed by atoms with E-state index in [9.17, 15) is 14.4 Å². The zero-order valence-corrected chi connectivity index (χ0v) is 18.0. The maximum absolute atomic E-state index is 12.6. The van der Waals surface area contributed by atoms with E-state index in [4.69, 9.17) is 5.11 Å². The van der Waals surface area contributed by atoms with E-state index in [1.807, 2.05) is 12.1 Å². The highest BCUT2D eigenvalue weighted by Crippen LogP contribution is 2.22. The third-order valence-corrected chi connectivity index (χ3v) is 4.62. The average molecular weight is 459 g/mol. The van der Waals surface area contributed by atoms with E-state index in [-0.39, 0.29) is 11.1 Å². The van der Waals surface area contributed by atoms with Crippen molar-refractivity contribution in [1.29, 1.82) is 0 Å². The smallest absolute Gasteiger partial charge is 0.322 e. The molecule has 0 spiro atoms. The quantitative estimate of drug-likeness (QED) is 0.574. The Labute approximate surface area is 178 Å². The zero-order valence-electron chi connectivity index (χ0n) is 16.5. The first-order valence-corrected chi connectivity index (χ1v) is 9.75. The zero-order chi connectivity index (χ0) is 21.6. The molecule has 2 aromatic rings. The Balaban J connectivity index is 2.26. The summed E-state index contributed by atoms with van der Waals surface area (Å²) in [6.07, 6.45) is 1.49. The Morgan fingerprint density at radius 2 is 1.59 bits per heavy atom. The lowest BCUT2D eigenvalue weighted by Crippen LogP contribution is -2.37. The summed E-state index contributed by atoms with van der Waals surface area (Å²) in [7, 11) is 0. The molecule has 0 saturated carbocycles. The molecule has 0 saturated heterocycles. The van der Waals surface area contributed by atoms with E-state index in [0.717, 1.165) is 10.0 Å². The lowest BCUT2D eigenvalue weighted by atomic mass is 9.87. The van der Waals surface area contributed by atoms with Crippen molar-refractivity contribution in [3.05, 3.63) is 75.4 Å². The second-order valence-corrected chi connectivity index (χ2v) is 8.38. The number of rotatable bonds is 6. The standard InChI is InChI=1S/C22H23BrN2O4/c1-22(2,3)16-8-6-15(7-9-16)20(28)25-18(21(29)24-13-19(26)27)12-14-4-10-17(23)11-5-14/h4-12H,13H2,1-3H3,(H,24,29)(H,25,28)(H,26,27)/b18-12-. The van der Waals surface area contributed by atoms with Crippen LogP contribution in [0, 0.1) is 0 Å². The van der Waals surface area contributed by atoms with Gasteiger partial charge in [-0.15, -0.1) is 0 Å². The normalized spacial score (nSPS) is 11.7. The van der Waals surface area contributed by atoms with Crippen LogP contribution in [-0.4, -0.2) is 29.4 Å². The van der Waals surface area contributed by atoms with Crippen LogP contribution in [0.2, 0.25) is 0 Å². The Kier molecular flexibility index (Phi) is 7.34. The molecule has 6 nitrogen and oxygen atoms in total. The number of halogens is 1. The molecule has 0 heterocycles. The first kappa shape index (κ1) is 22.4. The number of benzene rings is 2. The van der Waals surface area contributed by atoms with Gasteiger partial charge in [-0.2, -0.15) is 0 Å². The summed E-state index contributed by atoms with van der Waals surface area (Å²) < 4.78 is 0.870. The molecule has 152 valence electrons. The van der Waals surface area contributed by atoms with Crippen molar-refractivity contribution in [2.24, 2.45) is 0 Å². The fourth-order valence-electron chi connectivity index (χ4n) is 2.45. The number of carbonyl (C=O) groups is 3. The average Bonchev–Trinajstić information content (AvgIpc) is 2.66. The number of nitrogens with one attached hydrogen (secondary N) is 2. The van der Waals surface area contributed by atoms with Gasteiger partial charge in [0.05, 0.1) is 0 Å². The van der Waals surface area contributed by atoms with Crippen LogP contribution in [-0.2, 0) is 15.0 Å². The van der Waals surface area contributed by atoms with E-state index in [1.54, 1.807) is 36.4 Å². The van der Waals surface area contributed by atoms with E-state index < -0.39 is 24.3 Å². The largest absolute Gasteiger partial charge is 0.480 e. The minimum absolute atomic E-state index is 0.0431. The fraction of sp³-hybridized carbons (Fsp3) is 0.227. The molecule has 0 fully saturated rings. The number of carbonyl (C=O) groups excluding carboxylic acids is 2. The summed E-state index contributed by atoms with van der Waals surface area (Å²) >= 11 is 3.34. The third-order valence-electron chi connectivity index (χ3n) is 4.09. The molecular formula is C22H23BrN2O4. The van der Waals surface area contributed by atoms with Gasteiger partial charge in [0.2, 0.25) is 0 Å². The highest BCUT2D eigenvalue weighted by Gasteiger charge is 2.17. The molecule has 0 bridgehead atoms. The monoisotopic (exact) mass is 458 g/mol. The Bertz CT molecular complexity index is 927. The van der Waals surface area contributed by atoms with Crippen LogP contribution >= 0.6 is 15.9 Å². The second-order valence-electron chi connectivity index (χ2n) is 7.47. The van der Waals surface area contributed by atoms with Gasteiger partial charge in [-0.25, -0.2) is 0 Å². The van der Waals surface area contributed by atoms with E-state index in [1.165, 1.54) is 6.08 Å². The van der Waals surface area contributed by atoms with Crippen LogP contribution in [0.5, 0.6) is 0 Å². The topological polar surface area (TPSA) is 95.5 Å². The molecule has 0 aliphatic heterocycles. The van der Waals surface area contributed by atoms with E-state index in [0.29, 0.717) is 11.1 Å². The summed E-state index contributed by atoms with van der Waals surface area (Å²) in [6.45, 7) is 5.68. The predicted octanol–water partition coefficient (Wildman–Crippen LogP) is 3.72. The van der Waals surface area contributed by atoms with Crippen LogP contribution < -0.4 is 10.6 Å². The minimum Gasteiger partial charge on any atom is -0.480 e. The minimum atomic E-state index is -1.18. The van der Waals surface area contributed by atoms with E-state index >= 15 is 0 Å². The summed E-state index contributed by atoms with van der Waals surface area (Å²) in [5, 5.41) is 13.6. The first-order chi connectivity index (χ1) is 13.6. The van der Waals surface area contributed by atoms with Crippen molar-refractivity contribution in [3.63, 3.8) is 0 Å². The fourth-order valence-corrected chi connectivity index (χ4v) is 2.72. The maximum atomic E-state index is 12.6. The molecule has 2 amide bonds. The van der Waals surface area contributed by atoms with Crippen molar-refractivity contribution in [2.45, 2.75) is 26.2 Å². The summed E-state index contributed by atoms with van der Waals surface area (Å²) in [5.74, 6) is -2.32. The molecule has 2 aromatic carbocycles. The second kappa shape index (κ2) is 9.52. The van der Waals surface area contributed by atoms with Crippen molar-refractivity contribution >= 4 is 39.8 Å². The highest BCUT2D eigenvalue weighted by atomic mass is 79.9. The van der Waals surface area contributed by atoms with E-state index in [2.05, 4.69) is 47.3 Å². The van der Waals surface area contributed by atoms with Gasteiger partial charge < -0.3 is 15.7 Å². The number of hydrogen-bond donors (Lipinski definition) is 3. The van der Waals surface area contributed by atoms with Crippen LogP contribution in [0.3, 0.4) is 0 Å². The SMILES string of the molecule is CC(C)(C)c1ccc(C(=O)N/C(=C\c2ccc(Br)cc2)C(=O)NCC(=O)O)cc1. The molecule has 29 heavy (non-hydrogen) atoms. The van der Waals surface area contributed by atoms with Gasteiger partial charge in [0.25, 0.3) is 11.8 Å². The molecular weight excluding hydrogens is 436 g/mol. The number of aliphatic carboxylic acids is 1. The molecule has 0 radical (unpaired) electrons. The number of carboxylic acid groups (broad SMARTS) is 1. The Hall–Kier alpha value is -2.93. The van der Waals surface area contributed by atoms with Crippen LogP contribution in [0.25, 0.3) is 6.08 Å². The van der Waals surface area contributed by atoms with Crippen LogP contribution in [0.15, 0.2) is 58.7 Å². The summed E-state index contributed by atoms with van der Waals surface area (Å²) in [6, 6.07) is 14.3. The highest BCUT2D eigenvalue weighted by molar-refractivity contribution is 9.10. The van der Waals surface area contributed by atoms with Gasteiger partial charge in [-0.3, -0.25) is 14.4 Å². The van der Waals surface area contributed by atoms with Gasteiger partial charge in [0.1, 0.15) is 12.2 Å². The predicted molar refractivity (Wildman–Crippen MR) is 115 cm³/mol. The van der Waals surface area contributed by atoms with Crippen LogP contribution in [0.1, 0.15) is 42.3 Å². The van der Waals surface area contributed by atoms with Crippen molar-refractivity contribution in [2.75, 3.05) is 6.54 Å². The summed E-state index contributed by atoms with van der Waals surface area (Å²) in [5.41, 5.74) is 2.07. The maximum Gasteiger partial charge on any atom is 0.322 e. The molecule has 0 aromatic heterocycles. The number of hydrogen-bond acceptors (Lipinski definition) is 3. The molecule has 2 rings (SSSR count). The van der Waals surface area contributed by atoms with Crippen molar-refractivity contribution in [1.82, 2.24) is 10.6 Å². The third kappa shape index (κ3) is 6.87. The van der Waals surface area contributed by atoms with Gasteiger partial charge >= 0.3 is 5.97 Å². The Morgan fingerprint density at radius 1 is 1.00 bits per heavy atom. The molecule has 0 aliphatic rings. The van der Waals surface area contributed by atoms with Crippen molar-refractivity contribution < 1.29 is 19.5 Å². The summed E-state index contributed by atoms with van der Waals surface area (Å²) in [4.78, 5) is 35.8. The molecule has 7 heteroatoms. The molecule has 0 aliphatic carbocycles. The molecule has 0 unspecified atom stereocenters. The van der Waals surface area contributed by atoms with Gasteiger partial charge in [-0.1, -0.05) is 61.0 Å². The van der Waals surface area contributed by atoms with Gasteiger partial charge in [-0.05, 0) is 46.9 Å². The Morgan fingerprint density at radius 3 is 2.10 bits per heavy atom.